The minimum absolute atomic E-state index is 0.374. The number of halogens is 1. The maximum Gasteiger partial charge on any atom is 0.326 e. The van der Waals surface area contributed by atoms with E-state index in [0.29, 0.717) is 18.7 Å². The third-order valence-corrected chi connectivity index (χ3v) is 4.88. The van der Waals surface area contributed by atoms with Crippen molar-refractivity contribution in [1.82, 2.24) is 10.6 Å². The summed E-state index contributed by atoms with van der Waals surface area (Å²) in [5.74, 6) is -0.324. The topological polar surface area (TPSA) is 78.4 Å². The first kappa shape index (κ1) is 16.3. The van der Waals surface area contributed by atoms with Crippen LogP contribution in [0.4, 0.5) is 4.79 Å². The molecule has 5 nitrogen and oxygen atoms in total. The number of hydrogen-bond donors (Lipinski definition) is 3. The van der Waals surface area contributed by atoms with E-state index in [1.807, 2.05) is 17.7 Å². The number of hydrogen-bond acceptors (Lipinski definition) is 4. The van der Waals surface area contributed by atoms with Gasteiger partial charge < -0.3 is 15.7 Å². The van der Waals surface area contributed by atoms with Gasteiger partial charge in [0.2, 0.25) is 0 Å². The van der Waals surface area contributed by atoms with E-state index >= 15 is 0 Å². The second-order valence-electron chi connectivity index (χ2n) is 3.69. The molecule has 1 aromatic heterocycles. The number of rotatable bonds is 7. The zero-order chi connectivity index (χ0) is 14.3. The highest BCUT2D eigenvalue weighted by molar-refractivity contribution is 9.10. The minimum atomic E-state index is -1.01. The predicted octanol–water partition coefficient (Wildman–Crippen LogP) is 2.52. The molecule has 0 bridgehead atoms. The standard InChI is InChI=1S/C11H15BrN2O3S2/c1-18-4-3-8(10(15)16)14-11(17)13-6-9-7(12)2-5-19-9/h2,5,8H,3-4,6H2,1H3,(H,15,16)(H2,13,14,17)/t8-/m1/s1. The number of carboxylic acid groups (broad SMARTS) is 1. The van der Waals surface area contributed by atoms with Gasteiger partial charge in [-0.3, -0.25) is 0 Å². The van der Waals surface area contributed by atoms with Crippen LogP contribution < -0.4 is 10.6 Å². The van der Waals surface area contributed by atoms with Crippen LogP contribution in [0, 0.1) is 0 Å². The molecule has 19 heavy (non-hydrogen) atoms. The normalized spacial score (nSPS) is 11.9. The fourth-order valence-electron chi connectivity index (χ4n) is 1.31. The van der Waals surface area contributed by atoms with E-state index in [1.165, 1.54) is 11.3 Å². The highest BCUT2D eigenvalue weighted by Crippen LogP contribution is 2.21. The number of urea groups is 1. The van der Waals surface area contributed by atoms with Crippen LogP contribution in [0.2, 0.25) is 0 Å². The summed E-state index contributed by atoms with van der Waals surface area (Å²) in [6.07, 6.45) is 2.31. The van der Waals surface area contributed by atoms with E-state index in [4.69, 9.17) is 5.11 Å². The van der Waals surface area contributed by atoms with Gasteiger partial charge in [-0.25, -0.2) is 9.59 Å². The Hall–Kier alpha value is -0.730. The van der Waals surface area contributed by atoms with Crippen molar-refractivity contribution < 1.29 is 14.7 Å². The molecule has 8 heteroatoms. The van der Waals surface area contributed by atoms with E-state index in [0.717, 1.165) is 9.35 Å². The fourth-order valence-corrected chi connectivity index (χ4v) is 3.22. The summed E-state index contributed by atoms with van der Waals surface area (Å²) in [7, 11) is 0. The third-order valence-electron chi connectivity index (χ3n) is 2.31. The van der Waals surface area contributed by atoms with E-state index < -0.39 is 18.0 Å². The van der Waals surface area contributed by atoms with E-state index in [2.05, 4.69) is 26.6 Å². The lowest BCUT2D eigenvalue weighted by Crippen LogP contribution is -2.46. The zero-order valence-corrected chi connectivity index (χ0v) is 13.5. The molecule has 0 unspecified atom stereocenters. The first-order valence-corrected chi connectivity index (χ1v) is 8.59. The van der Waals surface area contributed by atoms with Gasteiger partial charge in [-0.1, -0.05) is 0 Å². The molecule has 1 atom stereocenters. The van der Waals surface area contributed by atoms with Crippen molar-refractivity contribution in [2.24, 2.45) is 0 Å². The lowest BCUT2D eigenvalue weighted by atomic mass is 10.2. The van der Waals surface area contributed by atoms with Gasteiger partial charge in [-0.2, -0.15) is 11.8 Å². The van der Waals surface area contributed by atoms with E-state index in [1.54, 1.807) is 11.8 Å². The Bertz CT molecular complexity index is 439. The van der Waals surface area contributed by atoms with E-state index in [-0.39, 0.29) is 0 Å². The zero-order valence-electron chi connectivity index (χ0n) is 10.3. The van der Waals surface area contributed by atoms with Crippen molar-refractivity contribution in [2.75, 3.05) is 12.0 Å². The monoisotopic (exact) mass is 366 g/mol. The average Bonchev–Trinajstić information content (AvgIpc) is 2.77. The first-order chi connectivity index (χ1) is 9.04. The summed E-state index contributed by atoms with van der Waals surface area (Å²) >= 11 is 6.44. The molecule has 0 aliphatic carbocycles. The van der Waals surface area contributed by atoms with Gasteiger partial charge in [0.1, 0.15) is 6.04 Å². The van der Waals surface area contributed by atoms with Crippen molar-refractivity contribution >= 4 is 51.0 Å². The number of carbonyl (C=O) groups excluding carboxylic acids is 1. The van der Waals surface area contributed by atoms with Crippen molar-refractivity contribution in [1.29, 1.82) is 0 Å². The number of thiophene rings is 1. The van der Waals surface area contributed by atoms with Crippen LogP contribution in [0.5, 0.6) is 0 Å². The maximum absolute atomic E-state index is 11.6. The average molecular weight is 367 g/mol. The molecule has 0 saturated heterocycles. The molecule has 1 aromatic rings. The molecule has 106 valence electrons. The Morgan fingerprint density at radius 1 is 1.58 bits per heavy atom. The van der Waals surface area contributed by atoms with Crippen LogP contribution in [0.1, 0.15) is 11.3 Å². The smallest absolute Gasteiger partial charge is 0.326 e. The molecule has 1 rings (SSSR count). The molecule has 0 fully saturated rings. The number of amides is 2. The van der Waals surface area contributed by atoms with Crippen LogP contribution >= 0.6 is 39.0 Å². The molecule has 0 spiro atoms. The van der Waals surface area contributed by atoms with Gasteiger partial charge in [0, 0.05) is 9.35 Å². The molecule has 3 N–H and O–H groups in total. The van der Waals surface area contributed by atoms with Crippen LogP contribution in [-0.4, -0.2) is 35.2 Å². The molecule has 2 amide bonds. The van der Waals surface area contributed by atoms with Crippen molar-refractivity contribution in [2.45, 2.75) is 19.0 Å². The predicted molar refractivity (Wildman–Crippen MR) is 81.8 cm³/mol. The Morgan fingerprint density at radius 3 is 2.84 bits per heavy atom. The van der Waals surface area contributed by atoms with Gasteiger partial charge in [0.25, 0.3) is 0 Å². The van der Waals surface area contributed by atoms with Gasteiger partial charge >= 0.3 is 12.0 Å². The maximum atomic E-state index is 11.6. The Kier molecular flexibility index (Phi) is 7.25. The molecular formula is C11H15BrN2O3S2. The summed E-state index contributed by atoms with van der Waals surface area (Å²) in [4.78, 5) is 23.6. The van der Waals surface area contributed by atoms with Crippen LogP contribution in [0.25, 0.3) is 0 Å². The highest BCUT2D eigenvalue weighted by Gasteiger charge is 2.19. The molecule has 0 saturated carbocycles. The number of thioether (sulfide) groups is 1. The first-order valence-electron chi connectivity index (χ1n) is 5.52. The lowest BCUT2D eigenvalue weighted by Gasteiger charge is -2.14. The van der Waals surface area contributed by atoms with Crippen LogP contribution in [0.3, 0.4) is 0 Å². The number of carbonyl (C=O) groups is 2. The van der Waals surface area contributed by atoms with Crippen LogP contribution in [0.15, 0.2) is 15.9 Å². The fraction of sp³-hybridized carbons (Fsp3) is 0.455. The molecule has 0 radical (unpaired) electrons. The number of carboxylic acids is 1. The summed E-state index contributed by atoms with van der Waals surface area (Å²) in [5.41, 5.74) is 0. The van der Waals surface area contributed by atoms with Crippen LogP contribution in [-0.2, 0) is 11.3 Å². The Morgan fingerprint density at radius 2 is 2.32 bits per heavy atom. The summed E-state index contributed by atoms with van der Waals surface area (Å²) < 4.78 is 0.940. The van der Waals surface area contributed by atoms with Gasteiger partial charge in [0.15, 0.2) is 0 Å². The Balaban J connectivity index is 2.40. The molecule has 0 aliphatic heterocycles. The quantitative estimate of drug-likeness (QED) is 0.692. The summed E-state index contributed by atoms with van der Waals surface area (Å²) in [6.45, 7) is 0.374. The van der Waals surface area contributed by atoms with Gasteiger partial charge in [-0.15, -0.1) is 11.3 Å². The van der Waals surface area contributed by atoms with Gasteiger partial charge in [-0.05, 0) is 45.8 Å². The molecular weight excluding hydrogens is 352 g/mol. The number of aliphatic carboxylic acids is 1. The summed E-state index contributed by atoms with van der Waals surface area (Å²) in [5, 5.41) is 16.0. The lowest BCUT2D eigenvalue weighted by molar-refractivity contribution is -0.139. The molecule has 0 aliphatic rings. The van der Waals surface area contributed by atoms with E-state index in [9.17, 15) is 9.59 Å². The third kappa shape index (κ3) is 5.84. The SMILES string of the molecule is CSCC[C@@H](NC(=O)NCc1sccc1Br)C(=O)O. The van der Waals surface area contributed by atoms with Gasteiger partial charge in [0.05, 0.1) is 6.54 Å². The second kappa shape index (κ2) is 8.44. The molecule has 0 aromatic carbocycles. The minimum Gasteiger partial charge on any atom is -0.480 e. The number of nitrogens with one attached hydrogen (secondary N) is 2. The summed E-state index contributed by atoms with van der Waals surface area (Å²) in [6, 6.07) is 0.589. The second-order valence-corrected chi connectivity index (χ2v) is 6.53. The highest BCUT2D eigenvalue weighted by atomic mass is 79.9. The van der Waals surface area contributed by atoms with Crippen molar-refractivity contribution in [3.8, 4) is 0 Å². The van der Waals surface area contributed by atoms with Crippen molar-refractivity contribution in [3.05, 3.63) is 20.8 Å². The Labute approximate surface area is 128 Å². The molecule has 1 heterocycles. The van der Waals surface area contributed by atoms with Crippen molar-refractivity contribution in [3.63, 3.8) is 0 Å². The largest absolute Gasteiger partial charge is 0.480 e.